The molecular formula is C22H14F9N3O2. The topological polar surface area (TPSA) is 64.1 Å². The van der Waals surface area contributed by atoms with Crippen LogP contribution in [0.2, 0.25) is 0 Å². The van der Waals surface area contributed by atoms with Gasteiger partial charge in [0.1, 0.15) is 18.2 Å². The van der Waals surface area contributed by atoms with Gasteiger partial charge in [0.2, 0.25) is 0 Å². The summed E-state index contributed by atoms with van der Waals surface area (Å²) in [6.45, 7) is -0.471. The van der Waals surface area contributed by atoms with Crippen molar-refractivity contribution in [2.75, 3.05) is 11.9 Å². The van der Waals surface area contributed by atoms with Crippen LogP contribution in [0, 0.1) is 0 Å². The van der Waals surface area contributed by atoms with E-state index in [2.05, 4.69) is 20.0 Å². The maximum absolute atomic E-state index is 13.5. The molecule has 1 N–H and O–H groups in total. The Morgan fingerprint density at radius 3 is 2.11 bits per heavy atom. The minimum Gasteiger partial charge on any atom is -0.449 e. The van der Waals surface area contributed by atoms with Crippen LogP contribution in [0.25, 0.3) is 11.3 Å². The van der Waals surface area contributed by atoms with E-state index in [-0.39, 0.29) is 17.4 Å². The van der Waals surface area contributed by atoms with E-state index in [9.17, 15) is 44.3 Å². The van der Waals surface area contributed by atoms with Gasteiger partial charge in [-0.25, -0.2) is 14.8 Å². The SMILES string of the molecule is O=C(O[C@@H](CNc1cc(-c2ccc(C(F)(F)F)cc2C(F)(F)F)ncn1)c1ccccc1)C(F)(F)F. The second-order valence-corrected chi connectivity index (χ2v) is 7.23. The molecule has 0 fully saturated rings. The van der Waals surface area contributed by atoms with E-state index in [1.807, 2.05) is 0 Å². The number of alkyl halides is 9. The third kappa shape index (κ3) is 6.64. The molecule has 1 atom stereocenters. The van der Waals surface area contributed by atoms with Gasteiger partial charge >= 0.3 is 24.5 Å². The standard InChI is InChI=1S/C22H14F9N3O2/c23-20(24,25)13-6-7-14(15(8-13)21(26,27)28)16-9-18(34-11-33-16)32-10-17(12-4-2-1-3-5-12)36-19(35)22(29,30)31/h1-9,11,17H,10H2,(H,32,33,34)/t17-/m0/s1. The summed E-state index contributed by atoms with van der Waals surface area (Å²) in [7, 11) is 0. The second kappa shape index (κ2) is 10.0. The van der Waals surface area contributed by atoms with Gasteiger partial charge in [-0.05, 0) is 17.7 Å². The summed E-state index contributed by atoms with van der Waals surface area (Å²) in [5, 5.41) is 2.55. The van der Waals surface area contributed by atoms with E-state index in [0.717, 1.165) is 12.4 Å². The van der Waals surface area contributed by atoms with Gasteiger partial charge in [-0.15, -0.1) is 0 Å². The summed E-state index contributed by atoms with van der Waals surface area (Å²) in [4.78, 5) is 18.8. The smallest absolute Gasteiger partial charge is 0.449 e. The van der Waals surface area contributed by atoms with Gasteiger partial charge in [-0.2, -0.15) is 39.5 Å². The normalized spacial score (nSPS) is 13.2. The molecule has 0 unspecified atom stereocenters. The quantitative estimate of drug-likeness (QED) is 0.298. The zero-order valence-electron chi connectivity index (χ0n) is 17.7. The lowest BCUT2D eigenvalue weighted by Crippen LogP contribution is -2.29. The minimum atomic E-state index is -5.27. The molecule has 0 bridgehead atoms. The van der Waals surface area contributed by atoms with Crippen LogP contribution < -0.4 is 5.32 Å². The third-order valence-electron chi connectivity index (χ3n) is 4.72. The molecule has 0 saturated heterocycles. The number of carbonyl (C=O) groups is 1. The average Bonchev–Trinajstić information content (AvgIpc) is 2.80. The first-order valence-electron chi connectivity index (χ1n) is 9.83. The molecule has 0 spiro atoms. The summed E-state index contributed by atoms with van der Waals surface area (Å²) >= 11 is 0. The Morgan fingerprint density at radius 1 is 0.861 bits per heavy atom. The number of hydrogen-bond donors (Lipinski definition) is 1. The number of nitrogens with zero attached hydrogens (tertiary/aromatic N) is 2. The Hall–Kier alpha value is -3.84. The highest BCUT2D eigenvalue weighted by molar-refractivity contribution is 5.76. The monoisotopic (exact) mass is 523 g/mol. The van der Waals surface area contributed by atoms with E-state index < -0.39 is 59.5 Å². The van der Waals surface area contributed by atoms with Crippen LogP contribution in [0.3, 0.4) is 0 Å². The Labute approximate surface area is 196 Å². The fraction of sp³-hybridized carbons (Fsp3) is 0.227. The fourth-order valence-corrected chi connectivity index (χ4v) is 3.07. The maximum atomic E-state index is 13.5. The zero-order valence-corrected chi connectivity index (χ0v) is 17.7. The molecule has 14 heteroatoms. The molecule has 0 radical (unpaired) electrons. The van der Waals surface area contributed by atoms with Crippen molar-refractivity contribution in [1.29, 1.82) is 0 Å². The van der Waals surface area contributed by atoms with Gasteiger partial charge in [-0.3, -0.25) is 0 Å². The highest BCUT2D eigenvalue weighted by Crippen LogP contribution is 2.40. The van der Waals surface area contributed by atoms with Crippen LogP contribution in [-0.2, 0) is 21.9 Å². The molecule has 1 aromatic heterocycles. The Balaban J connectivity index is 1.90. The van der Waals surface area contributed by atoms with E-state index in [1.54, 1.807) is 6.07 Å². The Bertz CT molecular complexity index is 1210. The summed E-state index contributed by atoms with van der Waals surface area (Å²) in [6.07, 6.45) is -16.1. The predicted molar refractivity (Wildman–Crippen MR) is 107 cm³/mol. The Morgan fingerprint density at radius 2 is 1.53 bits per heavy atom. The molecule has 0 aliphatic heterocycles. The molecular weight excluding hydrogens is 509 g/mol. The van der Waals surface area contributed by atoms with E-state index in [1.165, 1.54) is 24.3 Å². The number of hydrogen-bond acceptors (Lipinski definition) is 5. The van der Waals surface area contributed by atoms with Crippen LogP contribution in [-0.4, -0.2) is 28.7 Å². The first-order valence-corrected chi connectivity index (χ1v) is 9.83. The molecule has 36 heavy (non-hydrogen) atoms. The van der Waals surface area contributed by atoms with Crippen LogP contribution in [0.15, 0.2) is 60.9 Å². The van der Waals surface area contributed by atoms with Gasteiger partial charge in [0.25, 0.3) is 0 Å². The van der Waals surface area contributed by atoms with E-state index in [0.29, 0.717) is 12.1 Å². The first kappa shape index (κ1) is 26.8. The molecule has 0 amide bonds. The molecule has 5 nitrogen and oxygen atoms in total. The summed E-state index contributed by atoms with van der Waals surface area (Å²) in [5.74, 6) is -2.64. The number of rotatable bonds is 6. The highest BCUT2D eigenvalue weighted by atomic mass is 19.4. The van der Waals surface area contributed by atoms with Crippen molar-refractivity contribution < 1.29 is 49.0 Å². The molecule has 1 heterocycles. The van der Waals surface area contributed by atoms with Gasteiger partial charge in [-0.1, -0.05) is 36.4 Å². The second-order valence-electron chi connectivity index (χ2n) is 7.23. The summed E-state index contributed by atoms with van der Waals surface area (Å²) in [5.41, 5.74) is -4.01. The molecule has 3 rings (SSSR count). The van der Waals surface area contributed by atoms with Gasteiger partial charge in [0, 0.05) is 11.6 Å². The zero-order chi connectivity index (χ0) is 26.7. The summed E-state index contributed by atoms with van der Waals surface area (Å²) in [6, 6.07) is 9.29. The number of halogens is 9. The largest absolute Gasteiger partial charge is 0.490 e. The van der Waals surface area contributed by atoms with Gasteiger partial charge in [0.05, 0.1) is 23.4 Å². The molecule has 192 valence electrons. The number of aromatic nitrogens is 2. The van der Waals surface area contributed by atoms with Crippen LogP contribution in [0.1, 0.15) is 22.8 Å². The minimum absolute atomic E-state index is 0.0490. The van der Waals surface area contributed by atoms with Crippen molar-refractivity contribution in [2.24, 2.45) is 0 Å². The van der Waals surface area contributed by atoms with Crippen molar-refractivity contribution in [3.63, 3.8) is 0 Å². The van der Waals surface area contributed by atoms with Crippen molar-refractivity contribution in [3.8, 4) is 11.3 Å². The highest BCUT2D eigenvalue weighted by Gasteiger charge is 2.42. The molecule has 0 saturated carbocycles. The fourth-order valence-electron chi connectivity index (χ4n) is 3.07. The molecule has 3 aromatic rings. The average molecular weight is 523 g/mol. The van der Waals surface area contributed by atoms with Crippen molar-refractivity contribution in [2.45, 2.75) is 24.6 Å². The molecule has 2 aromatic carbocycles. The number of anilines is 1. The van der Waals surface area contributed by atoms with E-state index in [4.69, 9.17) is 0 Å². The predicted octanol–water partition coefficient (Wildman–Crippen LogP) is 6.44. The van der Waals surface area contributed by atoms with Crippen molar-refractivity contribution in [1.82, 2.24) is 9.97 Å². The van der Waals surface area contributed by atoms with Crippen LogP contribution >= 0.6 is 0 Å². The van der Waals surface area contributed by atoms with Crippen molar-refractivity contribution in [3.05, 3.63) is 77.6 Å². The Kier molecular flexibility index (Phi) is 7.46. The van der Waals surface area contributed by atoms with E-state index >= 15 is 0 Å². The van der Waals surface area contributed by atoms with Gasteiger partial charge < -0.3 is 10.1 Å². The lowest BCUT2D eigenvalue weighted by molar-refractivity contribution is -0.204. The molecule has 0 aliphatic rings. The van der Waals surface area contributed by atoms with Gasteiger partial charge in [0.15, 0.2) is 0 Å². The van der Waals surface area contributed by atoms with Crippen LogP contribution in [0.5, 0.6) is 0 Å². The number of ether oxygens (including phenoxy) is 1. The first-order chi connectivity index (χ1) is 16.7. The van der Waals surface area contributed by atoms with Crippen LogP contribution in [0.4, 0.5) is 45.3 Å². The third-order valence-corrected chi connectivity index (χ3v) is 4.72. The molecule has 0 aliphatic carbocycles. The summed E-state index contributed by atoms with van der Waals surface area (Å²) < 4.78 is 122. The lowest BCUT2D eigenvalue weighted by Gasteiger charge is -2.20. The number of esters is 1. The lowest BCUT2D eigenvalue weighted by atomic mass is 10.00. The maximum Gasteiger partial charge on any atom is 0.490 e. The van der Waals surface area contributed by atoms with Crippen molar-refractivity contribution >= 4 is 11.8 Å². The number of carbonyl (C=O) groups excluding carboxylic acids is 1. The number of nitrogens with one attached hydrogen (secondary N) is 1. The number of benzene rings is 2.